The molecule has 0 heterocycles. The van der Waals surface area contributed by atoms with Crippen LogP contribution in [0, 0.1) is 0 Å². The lowest BCUT2D eigenvalue weighted by Crippen LogP contribution is -1.99. The molecule has 0 aliphatic rings. The van der Waals surface area contributed by atoms with Crippen LogP contribution in [0.25, 0.3) is 17.2 Å². The molecule has 0 aliphatic carbocycles. The second-order valence-electron chi connectivity index (χ2n) is 6.78. The van der Waals surface area contributed by atoms with Crippen LogP contribution in [0.1, 0.15) is 51.0 Å². The molecule has 0 unspecified atom stereocenters. The highest BCUT2D eigenvalue weighted by atomic mass is 16.5. The standard InChI is InChI=1S/C24H30O4/c1-3-4-5-6-7-8-17-28-23-18-21(14-15-22(23)27-2)20-12-9-19(10-13-20)11-16-24(25)26/h9-16,18H,3-8,17H2,1-2H3,(H,25,26). The normalized spacial score (nSPS) is 10.9. The lowest BCUT2D eigenvalue weighted by Gasteiger charge is -2.13. The fourth-order valence-electron chi connectivity index (χ4n) is 2.99. The maximum Gasteiger partial charge on any atom is 0.328 e. The van der Waals surface area contributed by atoms with Gasteiger partial charge in [-0.15, -0.1) is 0 Å². The lowest BCUT2D eigenvalue weighted by molar-refractivity contribution is -0.131. The summed E-state index contributed by atoms with van der Waals surface area (Å²) in [6, 6.07) is 13.7. The molecule has 150 valence electrons. The second-order valence-corrected chi connectivity index (χ2v) is 6.78. The van der Waals surface area contributed by atoms with E-state index in [1.165, 1.54) is 32.1 Å². The van der Waals surface area contributed by atoms with Crippen molar-refractivity contribution in [1.82, 2.24) is 0 Å². The SMILES string of the molecule is CCCCCCCCOc1cc(-c2ccc(C=CC(=O)O)cc2)ccc1OC. The number of methoxy groups -OCH3 is 1. The summed E-state index contributed by atoms with van der Waals surface area (Å²) in [6.45, 7) is 2.91. The first-order valence-electron chi connectivity index (χ1n) is 9.96. The van der Waals surface area contributed by atoms with Gasteiger partial charge in [-0.1, -0.05) is 69.4 Å². The number of ether oxygens (including phenoxy) is 2. The Kier molecular flexibility index (Phi) is 9.13. The third-order valence-electron chi connectivity index (χ3n) is 4.58. The van der Waals surface area contributed by atoms with E-state index in [0.29, 0.717) is 6.61 Å². The van der Waals surface area contributed by atoms with Gasteiger partial charge in [0.25, 0.3) is 0 Å². The summed E-state index contributed by atoms with van der Waals surface area (Å²) in [5.74, 6) is 0.533. The first-order chi connectivity index (χ1) is 13.6. The van der Waals surface area contributed by atoms with Gasteiger partial charge in [-0.3, -0.25) is 0 Å². The van der Waals surface area contributed by atoms with Crippen LogP contribution in [0.5, 0.6) is 11.5 Å². The number of unbranched alkanes of at least 4 members (excludes halogenated alkanes) is 5. The Bertz CT molecular complexity index is 763. The van der Waals surface area contributed by atoms with E-state index in [1.54, 1.807) is 13.2 Å². The van der Waals surface area contributed by atoms with Crippen molar-refractivity contribution in [2.45, 2.75) is 45.4 Å². The maximum absolute atomic E-state index is 10.6. The van der Waals surface area contributed by atoms with Crippen molar-refractivity contribution < 1.29 is 19.4 Å². The maximum atomic E-state index is 10.6. The molecule has 0 saturated carbocycles. The van der Waals surface area contributed by atoms with Crippen LogP contribution in [0.2, 0.25) is 0 Å². The molecular formula is C24H30O4. The highest BCUT2D eigenvalue weighted by Crippen LogP contribution is 2.33. The van der Waals surface area contributed by atoms with E-state index >= 15 is 0 Å². The monoisotopic (exact) mass is 382 g/mol. The van der Waals surface area contributed by atoms with E-state index < -0.39 is 5.97 Å². The largest absolute Gasteiger partial charge is 0.493 e. The van der Waals surface area contributed by atoms with Crippen LogP contribution in [0.4, 0.5) is 0 Å². The Morgan fingerprint density at radius 3 is 2.29 bits per heavy atom. The average Bonchev–Trinajstić information content (AvgIpc) is 2.72. The van der Waals surface area contributed by atoms with Gasteiger partial charge >= 0.3 is 5.97 Å². The first-order valence-corrected chi connectivity index (χ1v) is 9.96. The Labute approximate surface area is 167 Å². The number of rotatable bonds is 12. The van der Waals surface area contributed by atoms with Crippen LogP contribution in [-0.4, -0.2) is 24.8 Å². The topological polar surface area (TPSA) is 55.8 Å². The van der Waals surface area contributed by atoms with Crippen molar-refractivity contribution >= 4 is 12.0 Å². The molecular weight excluding hydrogens is 352 g/mol. The van der Waals surface area contributed by atoms with Gasteiger partial charge in [-0.05, 0) is 41.3 Å². The zero-order valence-corrected chi connectivity index (χ0v) is 16.8. The second kappa shape index (κ2) is 11.9. The summed E-state index contributed by atoms with van der Waals surface area (Å²) in [4.78, 5) is 10.6. The zero-order chi connectivity index (χ0) is 20.2. The van der Waals surface area contributed by atoms with Crippen LogP contribution in [0.3, 0.4) is 0 Å². The van der Waals surface area contributed by atoms with Gasteiger partial charge in [0.2, 0.25) is 0 Å². The van der Waals surface area contributed by atoms with Gasteiger partial charge in [-0.25, -0.2) is 4.79 Å². The molecule has 4 heteroatoms. The minimum Gasteiger partial charge on any atom is -0.493 e. The van der Waals surface area contributed by atoms with Crippen LogP contribution >= 0.6 is 0 Å². The summed E-state index contributed by atoms with van der Waals surface area (Å²) in [5.41, 5.74) is 2.92. The number of hydrogen-bond acceptors (Lipinski definition) is 3. The summed E-state index contributed by atoms with van der Waals surface area (Å²) in [5, 5.41) is 8.72. The molecule has 0 aliphatic heterocycles. The van der Waals surface area contributed by atoms with Crippen molar-refractivity contribution in [3.05, 3.63) is 54.1 Å². The fraction of sp³-hybridized carbons (Fsp3) is 0.375. The molecule has 0 spiro atoms. The van der Waals surface area contributed by atoms with Gasteiger partial charge < -0.3 is 14.6 Å². The molecule has 1 N–H and O–H groups in total. The number of carboxylic acid groups (broad SMARTS) is 1. The highest BCUT2D eigenvalue weighted by molar-refractivity contribution is 5.85. The number of carboxylic acids is 1. The minimum atomic E-state index is -0.952. The number of aliphatic carboxylic acids is 1. The number of hydrogen-bond donors (Lipinski definition) is 1. The van der Waals surface area contributed by atoms with E-state index in [9.17, 15) is 4.79 Å². The van der Waals surface area contributed by atoms with Crippen molar-refractivity contribution in [2.75, 3.05) is 13.7 Å². The number of carbonyl (C=O) groups is 1. The summed E-state index contributed by atoms with van der Waals surface area (Å²) in [6.07, 6.45) is 10.1. The smallest absolute Gasteiger partial charge is 0.328 e. The molecule has 2 aromatic carbocycles. The molecule has 0 fully saturated rings. The molecule has 2 rings (SSSR count). The molecule has 28 heavy (non-hydrogen) atoms. The molecule has 0 radical (unpaired) electrons. The van der Waals surface area contributed by atoms with Crippen LogP contribution in [0.15, 0.2) is 48.5 Å². The van der Waals surface area contributed by atoms with E-state index in [4.69, 9.17) is 14.6 Å². The van der Waals surface area contributed by atoms with Crippen molar-refractivity contribution in [3.8, 4) is 22.6 Å². The number of benzene rings is 2. The van der Waals surface area contributed by atoms with Gasteiger partial charge in [-0.2, -0.15) is 0 Å². The third-order valence-corrected chi connectivity index (χ3v) is 4.58. The summed E-state index contributed by atoms with van der Waals surface area (Å²) in [7, 11) is 1.65. The minimum absolute atomic E-state index is 0.685. The van der Waals surface area contributed by atoms with Crippen molar-refractivity contribution in [3.63, 3.8) is 0 Å². The van der Waals surface area contributed by atoms with E-state index in [-0.39, 0.29) is 0 Å². The molecule has 0 atom stereocenters. The Morgan fingerprint density at radius 2 is 1.61 bits per heavy atom. The van der Waals surface area contributed by atoms with Gasteiger partial charge in [0.05, 0.1) is 13.7 Å². The van der Waals surface area contributed by atoms with Crippen molar-refractivity contribution in [2.24, 2.45) is 0 Å². The molecule has 4 nitrogen and oxygen atoms in total. The predicted molar refractivity (Wildman–Crippen MR) is 114 cm³/mol. The molecule has 0 bridgehead atoms. The summed E-state index contributed by atoms with van der Waals surface area (Å²) < 4.78 is 11.4. The molecule has 0 amide bonds. The van der Waals surface area contributed by atoms with E-state index in [0.717, 1.165) is 40.7 Å². The Hall–Kier alpha value is -2.75. The van der Waals surface area contributed by atoms with E-state index in [2.05, 4.69) is 6.92 Å². The predicted octanol–water partition coefficient (Wildman–Crippen LogP) is 6.20. The molecule has 0 aromatic heterocycles. The van der Waals surface area contributed by atoms with Gasteiger partial charge in [0.1, 0.15) is 0 Å². The van der Waals surface area contributed by atoms with Gasteiger partial charge in [0, 0.05) is 6.08 Å². The first kappa shape index (κ1) is 21.5. The Balaban J connectivity index is 2.00. The fourth-order valence-corrected chi connectivity index (χ4v) is 2.99. The third kappa shape index (κ3) is 7.10. The van der Waals surface area contributed by atoms with Gasteiger partial charge in [0.15, 0.2) is 11.5 Å². The van der Waals surface area contributed by atoms with Crippen molar-refractivity contribution in [1.29, 1.82) is 0 Å². The molecule has 2 aromatic rings. The van der Waals surface area contributed by atoms with Crippen LogP contribution < -0.4 is 9.47 Å². The average molecular weight is 383 g/mol. The van der Waals surface area contributed by atoms with E-state index in [1.807, 2.05) is 42.5 Å². The summed E-state index contributed by atoms with van der Waals surface area (Å²) >= 11 is 0. The zero-order valence-electron chi connectivity index (χ0n) is 16.8. The van der Waals surface area contributed by atoms with Crippen LogP contribution in [-0.2, 0) is 4.79 Å². The molecule has 0 saturated heterocycles. The highest BCUT2D eigenvalue weighted by Gasteiger charge is 2.07. The Morgan fingerprint density at radius 1 is 0.929 bits per heavy atom. The lowest BCUT2D eigenvalue weighted by atomic mass is 10.0. The quantitative estimate of drug-likeness (QED) is 0.351.